The Balaban J connectivity index is 1.89. The number of hydrogen-bond acceptors (Lipinski definition) is 4. The number of Topliss-reactive ketones (excluding diaryl/α,β-unsaturated/α-hetero) is 1. The van der Waals surface area contributed by atoms with E-state index in [1.165, 1.54) is 31.2 Å². The summed E-state index contributed by atoms with van der Waals surface area (Å²) in [5.74, 6) is 0.561. The van der Waals surface area contributed by atoms with Crippen LogP contribution in [0.1, 0.15) is 17.3 Å². The summed E-state index contributed by atoms with van der Waals surface area (Å²) in [6, 6.07) is 15.8. The first-order valence-corrected chi connectivity index (χ1v) is 9.24. The van der Waals surface area contributed by atoms with Gasteiger partial charge in [0.1, 0.15) is 0 Å². The lowest BCUT2D eigenvalue weighted by molar-refractivity contribution is 0.101. The van der Waals surface area contributed by atoms with Crippen LogP contribution in [-0.4, -0.2) is 26.5 Å². The highest BCUT2D eigenvalue weighted by molar-refractivity contribution is 7.99. The van der Waals surface area contributed by atoms with E-state index in [0.717, 1.165) is 4.90 Å². The van der Waals surface area contributed by atoms with Gasteiger partial charge < -0.3 is 0 Å². The molecule has 1 N–H and O–H groups in total. The van der Waals surface area contributed by atoms with Crippen molar-refractivity contribution in [2.24, 2.45) is 0 Å². The molecular formula is C16H17NO3S2. The summed E-state index contributed by atoms with van der Waals surface area (Å²) in [7, 11) is -3.53. The smallest absolute Gasteiger partial charge is 0.240 e. The molecule has 2 aromatic carbocycles. The van der Waals surface area contributed by atoms with Crippen molar-refractivity contribution in [1.82, 2.24) is 4.72 Å². The Labute approximate surface area is 135 Å². The number of nitrogens with one attached hydrogen (secondary N) is 1. The second kappa shape index (κ2) is 7.58. The van der Waals surface area contributed by atoms with E-state index in [2.05, 4.69) is 4.72 Å². The van der Waals surface area contributed by atoms with Crippen molar-refractivity contribution < 1.29 is 13.2 Å². The molecule has 0 amide bonds. The van der Waals surface area contributed by atoms with Crippen LogP contribution in [-0.2, 0) is 10.0 Å². The van der Waals surface area contributed by atoms with Gasteiger partial charge in [0.2, 0.25) is 10.0 Å². The Morgan fingerprint density at radius 3 is 2.27 bits per heavy atom. The Morgan fingerprint density at radius 1 is 1.05 bits per heavy atom. The molecule has 0 unspecified atom stereocenters. The minimum Gasteiger partial charge on any atom is -0.295 e. The molecule has 0 heterocycles. The van der Waals surface area contributed by atoms with Gasteiger partial charge in [-0.15, -0.1) is 11.8 Å². The van der Waals surface area contributed by atoms with Gasteiger partial charge in [-0.25, -0.2) is 13.1 Å². The maximum absolute atomic E-state index is 12.1. The van der Waals surface area contributed by atoms with Crippen LogP contribution in [0.3, 0.4) is 0 Å². The summed E-state index contributed by atoms with van der Waals surface area (Å²) in [5, 5.41) is 0. The first kappa shape index (κ1) is 16.7. The van der Waals surface area contributed by atoms with Crippen molar-refractivity contribution in [3.8, 4) is 0 Å². The zero-order valence-electron chi connectivity index (χ0n) is 12.2. The van der Waals surface area contributed by atoms with Crippen molar-refractivity contribution in [2.45, 2.75) is 16.7 Å². The van der Waals surface area contributed by atoms with E-state index in [9.17, 15) is 13.2 Å². The van der Waals surface area contributed by atoms with Crippen molar-refractivity contribution in [1.29, 1.82) is 0 Å². The van der Waals surface area contributed by atoms with E-state index < -0.39 is 10.0 Å². The molecule has 4 nitrogen and oxygen atoms in total. The fourth-order valence-electron chi connectivity index (χ4n) is 1.81. The molecular weight excluding hydrogens is 318 g/mol. The van der Waals surface area contributed by atoms with Gasteiger partial charge in [0.05, 0.1) is 4.90 Å². The summed E-state index contributed by atoms with van der Waals surface area (Å²) in [4.78, 5) is 12.5. The second-order valence-corrected chi connectivity index (χ2v) is 7.58. The third kappa shape index (κ3) is 4.69. The molecule has 0 radical (unpaired) electrons. The second-order valence-electron chi connectivity index (χ2n) is 4.64. The molecule has 0 atom stereocenters. The van der Waals surface area contributed by atoms with Gasteiger partial charge in [-0.2, -0.15) is 0 Å². The minimum absolute atomic E-state index is 0.0869. The lowest BCUT2D eigenvalue weighted by atomic mass is 10.2. The van der Waals surface area contributed by atoms with Crippen molar-refractivity contribution >= 4 is 27.6 Å². The molecule has 2 rings (SSSR count). The quantitative estimate of drug-likeness (QED) is 0.480. The predicted octanol–water partition coefficient (Wildman–Crippen LogP) is 2.96. The molecule has 0 saturated heterocycles. The van der Waals surface area contributed by atoms with Gasteiger partial charge in [-0.1, -0.05) is 30.3 Å². The van der Waals surface area contributed by atoms with E-state index in [-0.39, 0.29) is 10.7 Å². The van der Waals surface area contributed by atoms with Crippen LogP contribution in [0.15, 0.2) is 64.4 Å². The van der Waals surface area contributed by atoms with E-state index in [0.29, 0.717) is 17.9 Å². The van der Waals surface area contributed by atoms with Crippen LogP contribution in [0.5, 0.6) is 0 Å². The summed E-state index contributed by atoms with van der Waals surface area (Å²) >= 11 is 1.59. The zero-order valence-corrected chi connectivity index (χ0v) is 13.8. The lowest BCUT2D eigenvalue weighted by Crippen LogP contribution is -2.26. The van der Waals surface area contributed by atoms with Crippen LogP contribution in [0, 0.1) is 0 Å². The van der Waals surface area contributed by atoms with Crippen LogP contribution in [0.4, 0.5) is 0 Å². The number of carbonyl (C=O) groups is 1. The topological polar surface area (TPSA) is 63.2 Å². The molecule has 0 aliphatic heterocycles. The third-order valence-corrected chi connectivity index (χ3v) is 5.47. The first-order valence-electron chi connectivity index (χ1n) is 6.77. The molecule has 6 heteroatoms. The maximum Gasteiger partial charge on any atom is 0.240 e. The predicted molar refractivity (Wildman–Crippen MR) is 88.8 cm³/mol. The van der Waals surface area contributed by atoms with Gasteiger partial charge >= 0.3 is 0 Å². The standard InChI is InChI=1S/C16H17NO3S2/c1-13(18)14-7-9-16(10-8-14)22(19,20)17-11-12-21-15-5-3-2-4-6-15/h2-10,17H,11-12H2,1H3. The number of thioether (sulfide) groups is 1. The Kier molecular flexibility index (Phi) is 5.76. The fraction of sp³-hybridized carbons (Fsp3) is 0.188. The van der Waals surface area contributed by atoms with Gasteiger partial charge in [0.25, 0.3) is 0 Å². The molecule has 0 bridgehead atoms. The van der Waals surface area contributed by atoms with Crippen molar-refractivity contribution in [3.63, 3.8) is 0 Å². The molecule has 0 aromatic heterocycles. The summed E-state index contributed by atoms with van der Waals surface area (Å²) in [6.07, 6.45) is 0. The molecule has 116 valence electrons. The van der Waals surface area contributed by atoms with E-state index >= 15 is 0 Å². The van der Waals surface area contributed by atoms with Crippen LogP contribution < -0.4 is 4.72 Å². The Morgan fingerprint density at radius 2 is 1.68 bits per heavy atom. The highest BCUT2D eigenvalue weighted by atomic mass is 32.2. The van der Waals surface area contributed by atoms with Gasteiger partial charge in [-0.3, -0.25) is 4.79 Å². The Hall–Kier alpha value is -1.63. The van der Waals surface area contributed by atoms with Crippen molar-refractivity contribution in [2.75, 3.05) is 12.3 Å². The fourth-order valence-corrected chi connectivity index (χ4v) is 3.76. The van der Waals surface area contributed by atoms with Gasteiger partial charge in [-0.05, 0) is 31.2 Å². The van der Waals surface area contributed by atoms with Gasteiger partial charge in [0, 0.05) is 22.8 Å². The monoisotopic (exact) mass is 335 g/mol. The molecule has 0 fully saturated rings. The number of ketones is 1. The SMILES string of the molecule is CC(=O)c1ccc(S(=O)(=O)NCCSc2ccccc2)cc1. The summed E-state index contributed by atoms with van der Waals surface area (Å²) in [6.45, 7) is 1.79. The first-order chi connectivity index (χ1) is 10.5. The van der Waals surface area contributed by atoms with E-state index in [1.54, 1.807) is 11.8 Å². The summed E-state index contributed by atoms with van der Waals surface area (Å²) < 4.78 is 26.8. The number of hydrogen-bond donors (Lipinski definition) is 1. The largest absolute Gasteiger partial charge is 0.295 e. The Bertz CT molecular complexity index is 726. The average molecular weight is 335 g/mol. The number of benzene rings is 2. The van der Waals surface area contributed by atoms with E-state index in [1.807, 2.05) is 30.3 Å². The minimum atomic E-state index is -3.53. The molecule has 2 aromatic rings. The van der Waals surface area contributed by atoms with Crippen LogP contribution in [0.2, 0.25) is 0 Å². The van der Waals surface area contributed by atoms with Gasteiger partial charge in [0.15, 0.2) is 5.78 Å². The molecule has 0 aliphatic carbocycles. The highest BCUT2D eigenvalue weighted by Gasteiger charge is 2.13. The normalized spacial score (nSPS) is 11.3. The number of carbonyl (C=O) groups excluding carboxylic acids is 1. The van der Waals surface area contributed by atoms with Crippen molar-refractivity contribution in [3.05, 3.63) is 60.2 Å². The third-order valence-electron chi connectivity index (χ3n) is 2.98. The highest BCUT2D eigenvalue weighted by Crippen LogP contribution is 2.16. The average Bonchev–Trinajstić information content (AvgIpc) is 2.53. The zero-order chi connectivity index (χ0) is 16.0. The maximum atomic E-state index is 12.1. The number of rotatable bonds is 7. The lowest BCUT2D eigenvalue weighted by Gasteiger charge is -2.07. The van der Waals surface area contributed by atoms with E-state index in [4.69, 9.17) is 0 Å². The molecule has 0 saturated carbocycles. The molecule has 0 aliphatic rings. The van der Waals surface area contributed by atoms with Crippen LogP contribution >= 0.6 is 11.8 Å². The molecule has 0 spiro atoms. The number of sulfonamides is 1. The summed E-state index contributed by atoms with van der Waals surface area (Å²) in [5.41, 5.74) is 0.499. The van der Waals surface area contributed by atoms with Crippen LogP contribution in [0.25, 0.3) is 0 Å². The molecule has 22 heavy (non-hydrogen) atoms.